The van der Waals surface area contributed by atoms with Crippen molar-refractivity contribution in [3.05, 3.63) is 36.1 Å². The molecular weight excluding hydrogens is 226 g/mol. The van der Waals surface area contributed by atoms with E-state index in [9.17, 15) is 4.79 Å². The smallest absolute Gasteiger partial charge is 0.293 e. The van der Waals surface area contributed by atoms with Crippen LogP contribution >= 0.6 is 0 Å². The number of hydrogen-bond acceptors (Lipinski definition) is 3. The fourth-order valence-corrected chi connectivity index (χ4v) is 1.27. The third-order valence-electron chi connectivity index (χ3n) is 2.66. The average Bonchev–Trinajstić information content (AvgIpc) is 3.15. The van der Waals surface area contributed by atoms with E-state index >= 15 is 0 Å². The first kappa shape index (κ1) is 16.5. The summed E-state index contributed by atoms with van der Waals surface area (Å²) >= 11 is 0. The SMILES string of the molecule is C=C/C(=C\C=C(C)C)NC.CC(OC=O)C1CC1. The van der Waals surface area contributed by atoms with Gasteiger partial charge in [-0.2, -0.15) is 0 Å². The summed E-state index contributed by atoms with van der Waals surface area (Å²) in [5.41, 5.74) is 2.33. The van der Waals surface area contributed by atoms with Crippen LogP contribution in [0.25, 0.3) is 0 Å². The van der Waals surface area contributed by atoms with E-state index in [1.165, 1.54) is 18.4 Å². The molecule has 1 saturated carbocycles. The van der Waals surface area contributed by atoms with E-state index in [4.69, 9.17) is 0 Å². The van der Waals surface area contributed by atoms with Gasteiger partial charge >= 0.3 is 0 Å². The molecule has 3 heteroatoms. The average molecular weight is 251 g/mol. The molecule has 3 nitrogen and oxygen atoms in total. The first-order chi connectivity index (χ1) is 8.54. The number of carbonyl (C=O) groups is 1. The van der Waals surface area contributed by atoms with E-state index in [1.54, 1.807) is 6.08 Å². The molecular formula is C15H25NO2. The Morgan fingerprint density at radius 1 is 1.39 bits per heavy atom. The van der Waals surface area contributed by atoms with E-state index in [-0.39, 0.29) is 6.10 Å². The van der Waals surface area contributed by atoms with Crippen molar-refractivity contribution in [1.82, 2.24) is 5.32 Å². The second-order valence-electron chi connectivity index (χ2n) is 4.60. The van der Waals surface area contributed by atoms with Crippen molar-refractivity contribution >= 4 is 6.47 Å². The molecule has 0 heterocycles. The Morgan fingerprint density at radius 3 is 2.33 bits per heavy atom. The van der Waals surface area contributed by atoms with Gasteiger partial charge < -0.3 is 10.1 Å². The predicted molar refractivity (Wildman–Crippen MR) is 76.1 cm³/mol. The Morgan fingerprint density at radius 2 is 2.00 bits per heavy atom. The lowest BCUT2D eigenvalue weighted by molar-refractivity contribution is -0.133. The number of ether oxygens (including phenoxy) is 1. The Labute approximate surface area is 111 Å². The van der Waals surface area contributed by atoms with Crippen molar-refractivity contribution in [3.63, 3.8) is 0 Å². The second-order valence-corrected chi connectivity index (χ2v) is 4.60. The summed E-state index contributed by atoms with van der Waals surface area (Å²) in [5.74, 6) is 0.667. The van der Waals surface area contributed by atoms with Gasteiger partial charge in [-0.3, -0.25) is 4.79 Å². The summed E-state index contributed by atoms with van der Waals surface area (Å²) in [7, 11) is 1.88. The van der Waals surface area contributed by atoms with Crippen LogP contribution in [0, 0.1) is 5.92 Å². The Hall–Kier alpha value is -1.51. The molecule has 0 aromatic carbocycles. The number of likely N-dealkylation sites (N-methyl/N-ethyl adjacent to an activating group) is 1. The fraction of sp³-hybridized carbons (Fsp3) is 0.533. The van der Waals surface area contributed by atoms with Crippen LogP contribution in [0.4, 0.5) is 0 Å². The largest absolute Gasteiger partial charge is 0.465 e. The first-order valence-electron chi connectivity index (χ1n) is 6.29. The number of carbonyl (C=O) groups excluding carboxylic acids is 1. The van der Waals surface area contributed by atoms with Crippen molar-refractivity contribution < 1.29 is 9.53 Å². The van der Waals surface area contributed by atoms with Gasteiger partial charge in [0.25, 0.3) is 6.47 Å². The summed E-state index contributed by atoms with van der Waals surface area (Å²) in [4.78, 5) is 9.73. The molecule has 0 amide bonds. The van der Waals surface area contributed by atoms with Gasteiger partial charge in [0.05, 0.1) is 0 Å². The zero-order chi connectivity index (χ0) is 14.0. The molecule has 1 aliphatic rings. The third kappa shape index (κ3) is 8.62. The normalized spacial score (nSPS) is 15.7. The monoisotopic (exact) mass is 251 g/mol. The minimum atomic E-state index is 0.160. The van der Waals surface area contributed by atoms with E-state index in [1.807, 2.05) is 26.1 Å². The van der Waals surface area contributed by atoms with Crippen LogP contribution < -0.4 is 5.32 Å². The lowest BCUT2D eigenvalue weighted by Gasteiger charge is -2.04. The van der Waals surface area contributed by atoms with Gasteiger partial charge in [-0.05, 0) is 51.7 Å². The van der Waals surface area contributed by atoms with Crippen molar-refractivity contribution in [2.75, 3.05) is 7.05 Å². The van der Waals surface area contributed by atoms with Gasteiger partial charge in [-0.15, -0.1) is 0 Å². The van der Waals surface area contributed by atoms with Gasteiger partial charge in [0, 0.05) is 12.7 Å². The third-order valence-corrected chi connectivity index (χ3v) is 2.66. The molecule has 1 aliphatic carbocycles. The highest BCUT2D eigenvalue weighted by molar-refractivity contribution is 5.37. The minimum absolute atomic E-state index is 0.160. The van der Waals surface area contributed by atoms with Gasteiger partial charge in [-0.1, -0.05) is 18.2 Å². The molecule has 1 atom stereocenters. The van der Waals surface area contributed by atoms with Crippen LogP contribution in [0.15, 0.2) is 36.1 Å². The maximum atomic E-state index is 9.73. The number of rotatable bonds is 6. The minimum Gasteiger partial charge on any atom is -0.465 e. The molecule has 18 heavy (non-hydrogen) atoms. The van der Waals surface area contributed by atoms with E-state index in [2.05, 4.69) is 30.5 Å². The molecule has 1 rings (SSSR count). The number of nitrogens with one attached hydrogen (secondary N) is 1. The van der Waals surface area contributed by atoms with Crippen LogP contribution in [0.1, 0.15) is 33.6 Å². The van der Waals surface area contributed by atoms with Gasteiger partial charge in [-0.25, -0.2) is 0 Å². The van der Waals surface area contributed by atoms with E-state index in [0.717, 1.165) is 5.70 Å². The highest BCUT2D eigenvalue weighted by Gasteiger charge is 2.28. The van der Waals surface area contributed by atoms with Crippen molar-refractivity contribution in [1.29, 1.82) is 0 Å². The van der Waals surface area contributed by atoms with Crippen molar-refractivity contribution in [2.45, 2.75) is 39.7 Å². The highest BCUT2D eigenvalue weighted by Crippen LogP contribution is 2.33. The standard InChI is InChI=1S/C9H15N.C6H10O2/c1-5-9(10-4)7-6-8(2)3;1-5(8-4-7)6-2-3-6/h5-7,10H,1H2,2-4H3;4-6H,2-3H2,1H3/b9-7+;. The fourth-order valence-electron chi connectivity index (χ4n) is 1.27. The molecule has 1 fully saturated rings. The molecule has 0 saturated heterocycles. The van der Waals surface area contributed by atoms with Gasteiger partial charge in [0.15, 0.2) is 0 Å². The molecule has 1 N–H and O–H groups in total. The molecule has 0 aliphatic heterocycles. The molecule has 0 aromatic heterocycles. The molecule has 0 bridgehead atoms. The van der Waals surface area contributed by atoms with Crippen LogP contribution in [0.2, 0.25) is 0 Å². The maximum absolute atomic E-state index is 9.73. The zero-order valence-electron chi connectivity index (χ0n) is 11.9. The first-order valence-corrected chi connectivity index (χ1v) is 6.29. The highest BCUT2D eigenvalue weighted by atomic mass is 16.5. The Balaban J connectivity index is 0.000000327. The zero-order valence-corrected chi connectivity index (χ0v) is 11.9. The number of hydrogen-bond donors (Lipinski definition) is 1. The van der Waals surface area contributed by atoms with Gasteiger partial charge in [0.2, 0.25) is 0 Å². The summed E-state index contributed by atoms with van der Waals surface area (Å²) < 4.78 is 4.69. The summed E-state index contributed by atoms with van der Waals surface area (Å²) in [6.45, 7) is 10.2. The molecule has 0 spiro atoms. The van der Waals surface area contributed by atoms with Gasteiger partial charge in [0.1, 0.15) is 6.10 Å². The van der Waals surface area contributed by atoms with Crippen LogP contribution in [0.3, 0.4) is 0 Å². The molecule has 0 radical (unpaired) electrons. The predicted octanol–water partition coefficient (Wildman–Crippen LogP) is 3.20. The molecule has 0 aromatic rings. The summed E-state index contributed by atoms with van der Waals surface area (Å²) in [5, 5.41) is 3.01. The number of allylic oxidation sites excluding steroid dienone is 4. The van der Waals surface area contributed by atoms with E-state index in [0.29, 0.717) is 12.4 Å². The van der Waals surface area contributed by atoms with Crippen LogP contribution in [0.5, 0.6) is 0 Å². The Kier molecular flexibility index (Phi) is 8.71. The molecule has 102 valence electrons. The van der Waals surface area contributed by atoms with Crippen LogP contribution in [-0.4, -0.2) is 19.6 Å². The Bertz CT molecular complexity index is 310. The summed E-state index contributed by atoms with van der Waals surface area (Å²) in [6.07, 6.45) is 8.46. The topological polar surface area (TPSA) is 38.3 Å². The molecule has 1 unspecified atom stereocenters. The van der Waals surface area contributed by atoms with Crippen molar-refractivity contribution in [2.24, 2.45) is 5.92 Å². The lowest BCUT2D eigenvalue weighted by atomic mass is 10.3. The maximum Gasteiger partial charge on any atom is 0.293 e. The van der Waals surface area contributed by atoms with Crippen LogP contribution in [-0.2, 0) is 9.53 Å². The summed E-state index contributed by atoms with van der Waals surface area (Å²) in [6, 6.07) is 0. The lowest BCUT2D eigenvalue weighted by Crippen LogP contribution is -2.08. The van der Waals surface area contributed by atoms with E-state index < -0.39 is 0 Å². The van der Waals surface area contributed by atoms with Crippen molar-refractivity contribution in [3.8, 4) is 0 Å². The second kappa shape index (κ2) is 9.51. The quantitative estimate of drug-likeness (QED) is 0.582.